The van der Waals surface area contributed by atoms with E-state index in [-0.39, 0.29) is 0 Å². The number of likely N-dealkylation sites (tertiary alicyclic amines) is 1. The Balaban J connectivity index is 1.61. The van der Waals surface area contributed by atoms with Gasteiger partial charge in [-0.15, -0.1) is 0 Å². The molecule has 2 rings (SSSR count). The van der Waals surface area contributed by atoms with Gasteiger partial charge in [0, 0.05) is 12.2 Å². The first kappa shape index (κ1) is 15.3. The number of anilines is 1. The van der Waals surface area contributed by atoms with Gasteiger partial charge in [-0.05, 0) is 75.2 Å². The van der Waals surface area contributed by atoms with Gasteiger partial charge < -0.3 is 15.5 Å². The maximum absolute atomic E-state index is 5.31. The van der Waals surface area contributed by atoms with Gasteiger partial charge in [0.15, 0.2) is 5.11 Å². The first-order chi connectivity index (χ1) is 9.78. The Bertz CT molecular complexity index is 410. The zero-order valence-electron chi connectivity index (χ0n) is 12.3. The van der Waals surface area contributed by atoms with E-state index in [0.29, 0.717) is 0 Å². The predicted octanol–water partition coefficient (Wildman–Crippen LogP) is 3.02. The Labute approximate surface area is 127 Å². The van der Waals surface area contributed by atoms with Crippen LogP contribution < -0.4 is 10.6 Å². The summed E-state index contributed by atoms with van der Waals surface area (Å²) in [5, 5.41) is 7.22. The molecule has 0 aliphatic carbocycles. The molecule has 1 aliphatic heterocycles. The van der Waals surface area contributed by atoms with E-state index in [9.17, 15) is 0 Å². The van der Waals surface area contributed by atoms with Crippen molar-refractivity contribution in [3.05, 3.63) is 29.8 Å². The van der Waals surface area contributed by atoms with Crippen molar-refractivity contribution in [1.82, 2.24) is 10.2 Å². The summed E-state index contributed by atoms with van der Waals surface area (Å²) in [7, 11) is 0. The van der Waals surface area contributed by atoms with E-state index < -0.39 is 0 Å². The quantitative estimate of drug-likeness (QED) is 0.622. The number of aryl methyl sites for hydroxylation is 1. The van der Waals surface area contributed by atoms with Crippen LogP contribution in [0, 0.1) is 0 Å². The Morgan fingerprint density at radius 3 is 2.55 bits per heavy atom. The molecule has 0 bridgehead atoms. The number of nitrogens with one attached hydrogen (secondary N) is 2. The Hall–Kier alpha value is -1.13. The third kappa shape index (κ3) is 5.10. The van der Waals surface area contributed by atoms with Crippen LogP contribution in [-0.4, -0.2) is 36.2 Å². The minimum Gasteiger partial charge on any atom is -0.362 e. The summed E-state index contributed by atoms with van der Waals surface area (Å²) in [6.07, 6.45) is 4.94. The van der Waals surface area contributed by atoms with Gasteiger partial charge in [-0.2, -0.15) is 0 Å². The van der Waals surface area contributed by atoms with Gasteiger partial charge in [-0.25, -0.2) is 0 Å². The lowest BCUT2D eigenvalue weighted by Crippen LogP contribution is -2.31. The number of hydrogen-bond acceptors (Lipinski definition) is 2. The minimum absolute atomic E-state index is 0.718. The Morgan fingerprint density at radius 1 is 1.20 bits per heavy atom. The Morgan fingerprint density at radius 2 is 1.90 bits per heavy atom. The third-order valence-electron chi connectivity index (χ3n) is 3.76. The fourth-order valence-corrected chi connectivity index (χ4v) is 2.73. The first-order valence-corrected chi connectivity index (χ1v) is 8.05. The zero-order chi connectivity index (χ0) is 14.2. The zero-order valence-corrected chi connectivity index (χ0v) is 13.1. The number of rotatable bonds is 6. The predicted molar refractivity (Wildman–Crippen MR) is 90.3 cm³/mol. The van der Waals surface area contributed by atoms with Crippen molar-refractivity contribution in [3.63, 3.8) is 0 Å². The fraction of sp³-hybridized carbons (Fsp3) is 0.562. The fourth-order valence-electron chi connectivity index (χ4n) is 2.51. The molecule has 1 aliphatic rings. The number of nitrogens with zero attached hydrogens (tertiary/aromatic N) is 1. The van der Waals surface area contributed by atoms with Crippen LogP contribution in [0.1, 0.15) is 31.7 Å². The average Bonchev–Trinajstić information content (AvgIpc) is 2.98. The maximum Gasteiger partial charge on any atom is 0.170 e. The molecule has 4 heteroatoms. The molecule has 2 N–H and O–H groups in total. The first-order valence-electron chi connectivity index (χ1n) is 7.64. The van der Waals surface area contributed by atoms with Crippen molar-refractivity contribution in [2.24, 2.45) is 0 Å². The van der Waals surface area contributed by atoms with Gasteiger partial charge in [0.05, 0.1) is 0 Å². The van der Waals surface area contributed by atoms with Crippen molar-refractivity contribution in [1.29, 1.82) is 0 Å². The molecule has 1 fully saturated rings. The second kappa shape index (κ2) is 8.22. The summed E-state index contributed by atoms with van der Waals surface area (Å²) in [5.74, 6) is 0. The third-order valence-corrected chi connectivity index (χ3v) is 4.00. The van der Waals surface area contributed by atoms with Crippen LogP contribution >= 0.6 is 12.2 Å². The van der Waals surface area contributed by atoms with Crippen LogP contribution in [0.4, 0.5) is 5.69 Å². The molecule has 1 heterocycles. The van der Waals surface area contributed by atoms with Crippen LogP contribution in [0.3, 0.4) is 0 Å². The standard InChI is InChI=1S/C16H25N3S/c1-2-14-6-8-15(9-7-14)18-16(20)17-10-5-13-19-11-3-4-12-19/h6-9H,2-5,10-13H2,1H3,(H2,17,18,20). The molecular weight excluding hydrogens is 266 g/mol. The summed E-state index contributed by atoms with van der Waals surface area (Å²) in [6, 6.07) is 8.44. The normalized spacial score (nSPS) is 15.2. The van der Waals surface area contributed by atoms with Crippen LogP contribution in [-0.2, 0) is 6.42 Å². The van der Waals surface area contributed by atoms with Crippen molar-refractivity contribution in [3.8, 4) is 0 Å². The van der Waals surface area contributed by atoms with Crippen LogP contribution in [0.15, 0.2) is 24.3 Å². The molecule has 0 unspecified atom stereocenters. The number of benzene rings is 1. The minimum atomic E-state index is 0.718. The van der Waals surface area contributed by atoms with Gasteiger partial charge in [0.25, 0.3) is 0 Å². The van der Waals surface area contributed by atoms with Crippen LogP contribution in [0.25, 0.3) is 0 Å². The molecule has 1 saturated heterocycles. The lowest BCUT2D eigenvalue weighted by molar-refractivity contribution is 0.334. The molecule has 1 aromatic carbocycles. The molecule has 0 amide bonds. The van der Waals surface area contributed by atoms with Crippen LogP contribution in [0.5, 0.6) is 0 Å². The van der Waals surface area contributed by atoms with E-state index in [2.05, 4.69) is 46.7 Å². The topological polar surface area (TPSA) is 27.3 Å². The SMILES string of the molecule is CCc1ccc(NC(=S)NCCCN2CCCC2)cc1. The van der Waals surface area contributed by atoms with Gasteiger partial charge in [-0.1, -0.05) is 19.1 Å². The van der Waals surface area contributed by atoms with Gasteiger partial charge in [0.1, 0.15) is 0 Å². The summed E-state index contributed by atoms with van der Waals surface area (Å²) < 4.78 is 0. The second-order valence-corrected chi connectivity index (χ2v) is 5.74. The monoisotopic (exact) mass is 291 g/mol. The molecule has 0 radical (unpaired) electrons. The smallest absolute Gasteiger partial charge is 0.170 e. The summed E-state index contributed by atoms with van der Waals surface area (Å²) >= 11 is 5.31. The van der Waals surface area contributed by atoms with Crippen molar-refractivity contribution in [2.75, 3.05) is 31.5 Å². The number of hydrogen-bond donors (Lipinski definition) is 2. The highest BCUT2D eigenvalue weighted by Gasteiger charge is 2.10. The molecule has 3 nitrogen and oxygen atoms in total. The molecule has 0 aromatic heterocycles. The molecule has 110 valence electrons. The summed E-state index contributed by atoms with van der Waals surface area (Å²) in [4.78, 5) is 2.53. The lowest BCUT2D eigenvalue weighted by Gasteiger charge is -2.15. The van der Waals surface area contributed by atoms with E-state index in [4.69, 9.17) is 12.2 Å². The van der Waals surface area contributed by atoms with Crippen molar-refractivity contribution < 1.29 is 0 Å². The van der Waals surface area contributed by atoms with E-state index in [1.54, 1.807) is 0 Å². The van der Waals surface area contributed by atoms with E-state index >= 15 is 0 Å². The van der Waals surface area contributed by atoms with Gasteiger partial charge >= 0.3 is 0 Å². The average molecular weight is 291 g/mol. The van der Waals surface area contributed by atoms with Crippen molar-refractivity contribution >= 4 is 23.0 Å². The Kier molecular flexibility index (Phi) is 6.27. The molecule has 0 saturated carbocycles. The summed E-state index contributed by atoms with van der Waals surface area (Å²) in [6.45, 7) is 6.82. The van der Waals surface area contributed by atoms with Crippen LogP contribution in [0.2, 0.25) is 0 Å². The molecule has 20 heavy (non-hydrogen) atoms. The molecule has 1 aromatic rings. The van der Waals surface area contributed by atoms with E-state index in [1.165, 1.54) is 38.0 Å². The highest BCUT2D eigenvalue weighted by atomic mass is 32.1. The van der Waals surface area contributed by atoms with E-state index in [1.807, 2.05) is 0 Å². The molecule has 0 spiro atoms. The van der Waals surface area contributed by atoms with Crippen molar-refractivity contribution in [2.45, 2.75) is 32.6 Å². The summed E-state index contributed by atoms with van der Waals surface area (Å²) in [5.41, 5.74) is 2.40. The van der Waals surface area contributed by atoms with E-state index in [0.717, 1.165) is 30.2 Å². The largest absolute Gasteiger partial charge is 0.362 e. The lowest BCUT2D eigenvalue weighted by atomic mass is 10.1. The maximum atomic E-state index is 5.31. The highest BCUT2D eigenvalue weighted by Crippen LogP contribution is 2.10. The molecule has 0 atom stereocenters. The van der Waals surface area contributed by atoms with Gasteiger partial charge in [-0.3, -0.25) is 0 Å². The highest BCUT2D eigenvalue weighted by molar-refractivity contribution is 7.80. The second-order valence-electron chi connectivity index (χ2n) is 5.33. The molecular formula is C16H25N3S. The number of thiocarbonyl (C=S) groups is 1. The van der Waals surface area contributed by atoms with Gasteiger partial charge in [0.2, 0.25) is 0 Å².